The van der Waals surface area contributed by atoms with Gasteiger partial charge in [0.25, 0.3) is 0 Å². The standard InChI is InChI=1S/C17H23N3O4/c1-11(2)8-15(21)18-19-17(23)12-9-16(22)20(10-12)13-4-6-14(24-3)7-5-13/h4-7,11-12H,8-10H2,1-3H3,(H,18,21)(H,19,23)/t12-/m1/s1. The van der Waals surface area contributed by atoms with Crippen molar-refractivity contribution in [3.63, 3.8) is 0 Å². The van der Waals surface area contributed by atoms with E-state index in [-0.39, 0.29) is 36.6 Å². The van der Waals surface area contributed by atoms with E-state index in [1.807, 2.05) is 13.8 Å². The third kappa shape index (κ3) is 4.47. The first-order valence-corrected chi connectivity index (χ1v) is 7.93. The minimum absolute atomic E-state index is 0.117. The number of hydrazine groups is 1. The number of anilines is 1. The Hall–Kier alpha value is -2.57. The van der Waals surface area contributed by atoms with Crippen LogP contribution in [0.25, 0.3) is 0 Å². The molecule has 0 aliphatic carbocycles. The topological polar surface area (TPSA) is 87.7 Å². The number of hydrogen-bond acceptors (Lipinski definition) is 4. The minimum atomic E-state index is -0.487. The summed E-state index contributed by atoms with van der Waals surface area (Å²) in [6, 6.07) is 7.09. The van der Waals surface area contributed by atoms with Crippen LogP contribution in [0, 0.1) is 11.8 Å². The molecule has 0 spiro atoms. The van der Waals surface area contributed by atoms with E-state index in [2.05, 4.69) is 10.9 Å². The van der Waals surface area contributed by atoms with E-state index in [9.17, 15) is 14.4 Å². The molecule has 1 aromatic rings. The fraction of sp³-hybridized carbons (Fsp3) is 0.471. The second kappa shape index (κ2) is 7.81. The molecule has 1 fully saturated rings. The lowest BCUT2D eigenvalue weighted by molar-refractivity contribution is -0.131. The number of amides is 3. The zero-order valence-electron chi connectivity index (χ0n) is 14.2. The molecule has 24 heavy (non-hydrogen) atoms. The van der Waals surface area contributed by atoms with E-state index in [1.165, 1.54) is 0 Å². The SMILES string of the molecule is COc1ccc(N2C[C@H](C(=O)NNC(=O)CC(C)C)CC2=O)cc1. The van der Waals surface area contributed by atoms with Gasteiger partial charge in [0.05, 0.1) is 13.0 Å². The Kier molecular flexibility index (Phi) is 5.78. The molecular weight excluding hydrogens is 310 g/mol. The van der Waals surface area contributed by atoms with Crippen LogP contribution in [0.5, 0.6) is 5.75 Å². The van der Waals surface area contributed by atoms with E-state index in [0.717, 1.165) is 5.69 Å². The second-order valence-electron chi connectivity index (χ2n) is 6.24. The first-order chi connectivity index (χ1) is 11.4. The summed E-state index contributed by atoms with van der Waals surface area (Å²) in [7, 11) is 1.57. The van der Waals surface area contributed by atoms with Gasteiger partial charge < -0.3 is 9.64 Å². The Morgan fingerprint density at radius 1 is 1.25 bits per heavy atom. The van der Waals surface area contributed by atoms with Crippen LogP contribution in [0.15, 0.2) is 24.3 Å². The molecule has 3 amide bonds. The van der Waals surface area contributed by atoms with Crippen molar-refractivity contribution in [1.82, 2.24) is 10.9 Å². The molecule has 0 bridgehead atoms. The Morgan fingerprint density at radius 3 is 2.50 bits per heavy atom. The summed E-state index contributed by atoms with van der Waals surface area (Å²) in [5.74, 6) is -0.285. The molecule has 2 N–H and O–H groups in total. The van der Waals surface area contributed by atoms with Gasteiger partial charge in [-0.2, -0.15) is 0 Å². The number of hydrogen-bond donors (Lipinski definition) is 2. The predicted molar refractivity (Wildman–Crippen MR) is 89.2 cm³/mol. The van der Waals surface area contributed by atoms with Gasteiger partial charge in [-0.1, -0.05) is 13.8 Å². The molecule has 1 saturated heterocycles. The van der Waals surface area contributed by atoms with Crippen LogP contribution in [0.1, 0.15) is 26.7 Å². The van der Waals surface area contributed by atoms with Gasteiger partial charge in [0.15, 0.2) is 0 Å². The molecule has 1 atom stereocenters. The summed E-state index contributed by atoms with van der Waals surface area (Å²) in [5.41, 5.74) is 5.52. The first kappa shape index (κ1) is 17.8. The van der Waals surface area contributed by atoms with Crippen LogP contribution in [-0.2, 0) is 14.4 Å². The number of carbonyl (C=O) groups excluding carboxylic acids is 3. The largest absolute Gasteiger partial charge is 0.497 e. The quantitative estimate of drug-likeness (QED) is 0.794. The lowest BCUT2D eigenvalue weighted by Crippen LogP contribution is -2.45. The number of methoxy groups -OCH3 is 1. The number of rotatable bonds is 5. The van der Waals surface area contributed by atoms with Crippen molar-refractivity contribution in [1.29, 1.82) is 0 Å². The summed E-state index contributed by atoms with van der Waals surface area (Å²) >= 11 is 0. The third-order valence-corrected chi connectivity index (χ3v) is 3.80. The zero-order chi connectivity index (χ0) is 17.7. The Bertz CT molecular complexity index is 613. The molecule has 2 rings (SSSR count). The normalized spacial score (nSPS) is 17.1. The van der Waals surface area contributed by atoms with Crippen molar-refractivity contribution in [2.75, 3.05) is 18.6 Å². The van der Waals surface area contributed by atoms with E-state index >= 15 is 0 Å². The maximum Gasteiger partial charge on any atom is 0.243 e. The lowest BCUT2D eigenvalue weighted by atomic mass is 10.1. The van der Waals surface area contributed by atoms with Gasteiger partial charge in [-0.3, -0.25) is 25.2 Å². The van der Waals surface area contributed by atoms with Gasteiger partial charge in [-0.05, 0) is 30.2 Å². The van der Waals surface area contributed by atoms with Gasteiger partial charge in [-0.25, -0.2) is 0 Å². The number of benzene rings is 1. The van der Waals surface area contributed by atoms with Crippen LogP contribution in [0.4, 0.5) is 5.69 Å². The fourth-order valence-corrected chi connectivity index (χ4v) is 2.55. The molecule has 1 aliphatic rings. The highest BCUT2D eigenvalue weighted by Gasteiger charge is 2.35. The summed E-state index contributed by atoms with van der Waals surface area (Å²) in [4.78, 5) is 37.4. The third-order valence-electron chi connectivity index (χ3n) is 3.80. The number of nitrogens with zero attached hydrogens (tertiary/aromatic N) is 1. The predicted octanol–water partition coefficient (Wildman–Crippen LogP) is 1.24. The molecule has 7 nitrogen and oxygen atoms in total. The van der Waals surface area contributed by atoms with Gasteiger partial charge in [-0.15, -0.1) is 0 Å². The number of nitrogens with one attached hydrogen (secondary N) is 2. The van der Waals surface area contributed by atoms with Crippen LogP contribution >= 0.6 is 0 Å². The fourth-order valence-electron chi connectivity index (χ4n) is 2.55. The van der Waals surface area contributed by atoms with Crippen molar-refractivity contribution in [2.45, 2.75) is 26.7 Å². The highest BCUT2D eigenvalue weighted by atomic mass is 16.5. The molecule has 0 unspecified atom stereocenters. The second-order valence-corrected chi connectivity index (χ2v) is 6.24. The zero-order valence-corrected chi connectivity index (χ0v) is 14.2. The molecule has 0 aromatic heterocycles. The average Bonchev–Trinajstić information content (AvgIpc) is 2.94. The van der Waals surface area contributed by atoms with E-state index in [4.69, 9.17) is 4.74 Å². The smallest absolute Gasteiger partial charge is 0.243 e. The maximum atomic E-state index is 12.2. The maximum absolute atomic E-state index is 12.2. The van der Waals surface area contributed by atoms with E-state index in [1.54, 1.807) is 36.3 Å². The first-order valence-electron chi connectivity index (χ1n) is 7.93. The van der Waals surface area contributed by atoms with Crippen LogP contribution in [0.3, 0.4) is 0 Å². The Morgan fingerprint density at radius 2 is 1.92 bits per heavy atom. The van der Waals surface area contributed by atoms with Crippen LogP contribution in [-0.4, -0.2) is 31.4 Å². The van der Waals surface area contributed by atoms with Gasteiger partial charge >= 0.3 is 0 Å². The van der Waals surface area contributed by atoms with Crippen molar-refractivity contribution in [2.24, 2.45) is 11.8 Å². The summed E-state index contributed by atoms with van der Waals surface area (Å²) in [6.45, 7) is 4.13. The molecule has 7 heteroatoms. The lowest BCUT2D eigenvalue weighted by Gasteiger charge is -2.17. The van der Waals surface area contributed by atoms with E-state index < -0.39 is 5.92 Å². The molecule has 1 aromatic carbocycles. The summed E-state index contributed by atoms with van der Waals surface area (Å²) in [5, 5.41) is 0. The highest BCUT2D eigenvalue weighted by Crippen LogP contribution is 2.26. The molecule has 0 saturated carbocycles. The van der Waals surface area contributed by atoms with Crippen LogP contribution < -0.4 is 20.5 Å². The van der Waals surface area contributed by atoms with Crippen molar-refractivity contribution in [3.05, 3.63) is 24.3 Å². The van der Waals surface area contributed by atoms with E-state index in [0.29, 0.717) is 12.2 Å². The molecular formula is C17H23N3O4. The molecule has 1 aliphatic heterocycles. The molecule has 130 valence electrons. The van der Waals surface area contributed by atoms with Gasteiger partial charge in [0.2, 0.25) is 17.7 Å². The Balaban J connectivity index is 1.91. The number of ether oxygens (including phenoxy) is 1. The summed E-state index contributed by atoms with van der Waals surface area (Å²) < 4.78 is 5.09. The van der Waals surface area contributed by atoms with Crippen molar-refractivity contribution in [3.8, 4) is 5.75 Å². The van der Waals surface area contributed by atoms with Crippen molar-refractivity contribution >= 4 is 23.4 Å². The minimum Gasteiger partial charge on any atom is -0.497 e. The van der Waals surface area contributed by atoms with Gasteiger partial charge in [0.1, 0.15) is 5.75 Å². The average molecular weight is 333 g/mol. The summed E-state index contributed by atoms with van der Waals surface area (Å²) in [6.07, 6.45) is 0.458. The number of carbonyl (C=O) groups is 3. The molecule has 0 radical (unpaired) electrons. The van der Waals surface area contributed by atoms with Crippen LogP contribution in [0.2, 0.25) is 0 Å². The van der Waals surface area contributed by atoms with Crippen molar-refractivity contribution < 1.29 is 19.1 Å². The monoisotopic (exact) mass is 333 g/mol. The highest BCUT2D eigenvalue weighted by molar-refractivity contribution is 6.00. The Labute approximate surface area is 141 Å². The van der Waals surface area contributed by atoms with Gasteiger partial charge in [0, 0.05) is 25.1 Å². The molecule has 1 heterocycles.